The van der Waals surface area contributed by atoms with E-state index < -0.39 is 0 Å². The molecule has 1 fully saturated rings. The van der Waals surface area contributed by atoms with Crippen LogP contribution in [0.5, 0.6) is 5.75 Å². The highest BCUT2D eigenvalue weighted by Crippen LogP contribution is 2.42. The van der Waals surface area contributed by atoms with E-state index in [-0.39, 0.29) is 11.3 Å². The summed E-state index contributed by atoms with van der Waals surface area (Å²) in [5.74, 6) is 0.925. The Morgan fingerprint density at radius 3 is 2.30 bits per heavy atom. The smallest absolute Gasteiger partial charge is 0.235 e. The number of ether oxygens (including phenoxy) is 1. The van der Waals surface area contributed by atoms with E-state index in [0.717, 1.165) is 42.7 Å². The molecule has 1 aliphatic carbocycles. The number of anilines is 1. The van der Waals surface area contributed by atoms with E-state index in [1.54, 1.807) is 0 Å². The maximum atomic E-state index is 13.0. The van der Waals surface area contributed by atoms with Gasteiger partial charge < -0.3 is 10.1 Å². The highest BCUT2D eigenvalue weighted by Gasteiger charge is 2.42. The molecule has 2 aromatic rings. The first-order valence-corrected chi connectivity index (χ1v) is 8.34. The van der Waals surface area contributed by atoms with E-state index >= 15 is 0 Å². The molecule has 120 valence electrons. The Balaban J connectivity index is 1.80. The van der Waals surface area contributed by atoms with Crippen molar-refractivity contribution in [2.45, 2.75) is 38.0 Å². The summed E-state index contributed by atoms with van der Waals surface area (Å²) in [5.41, 5.74) is 1.56. The predicted molar refractivity (Wildman–Crippen MR) is 92.8 cm³/mol. The van der Waals surface area contributed by atoms with Crippen LogP contribution < -0.4 is 10.1 Å². The monoisotopic (exact) mass is 309 g/mol. The van der Waals surface area contributed by atoms with Crippen LogP contribution in [-0.4, -0.2) is 12.5 Å². The molecule has 3 heteroatoms. The summed E-state index contributed by atoms with van der Waals surface area (Å²) in [5, 5.41) is 3.10. The molecule has 0 bridgehead atoms. The lowest BCUT2D eigenvalue weighted by molar-refractivity contribution is -0.121. The van der Waals surface area contributed by atoms with Crippen molar-refractivity contribution < 1.29 is 9.53 Å². The third-order valence-corrected chi connectivity index (χ3v) is 4.64. The molecule has 0 saturated heterocycles. The second-order valence-electron chi connectivity index (χ2n) is 6.07. The van der Waals surface area contributed by atoms with Crippen molar-refractivity contribution in [2.75, 3.05) is 11.9 Å². The van der Waals surface area contributed by atoms with Gasteiger partial charge in [-0.3, -0.25) is 4.79 Å². The molecular formula is C20H23NO2. The topological polar surface area (TPSA) is 38.3 Å². The van der Waals surface area contributed by atoms with Gasteiger partial charge in [0.25, 0.3) is 0 Å². The molecule has 0 spiro atoms. The summed E-state index contributed by atoms with van der Waals surface area (Å²) in [4.78, 5) is 13.0. The summed E-state index contributed by atoms with van der Waals surface area (Å²) < 4.78 is 5.44. The normalized spacial score (nSPS) is 16.0. The lowest BCUT2D eigenvalue weighted by atomic mass is 9.78. The van der Waals surface area contributed by atoms with Gasteiger partial charge in [-0.1, -0.05) is 43.2 Å². The SMILES string of the molecule is CCOc1ccc(NC(=O)C2(c3ccccc3)CCCC2)cc1. The molecule has 0 heterocycles. The number of amides is 1. The fraction of sp³-hybridized carbons (Fsp3) is 0.350. The Morgan fingerprint density at radius 2 is 1.70 bits per heavy atom. The van der Waals surface area contributed by atoms with Crippen molar-refractivity contribution in [3.63, 3.8) is 0 Å². The first-order chi connectivity index (χ1) is 11.2. The van der Waals surface area contributed by atoms with Crippen molar-refractivity contribution in [1.82, 2.24) is 0 Å². The molecule has 1 aliphatic rings. The quantitative estimate of drug-likeness (QED) is 0.881. The summed E-state index contributed by atoms with van der Waals surface area (Å²) in [6.07, 6.45) is 4.04. The molecule has 0 unspecified atom stereocenters. The molecule has 23 heavy (non-hydrogen) atoms. The van der Waals surface area contributed by atoms with Gasteiger partial charge >= 0.3 is 0 Å². The van der Waals surface area contributed by atoms with Gasteiger partial charge in [0.15, 0.2) is 0 Å². The Hall–Kier alpha value is -2.29. The van der Waals surface area contributed by atoms with Crippen LogP contribution in [0.1, 0.15) is 38.2 Å². The fourth-order valence-electron chi connectivity index (χ4n) is 3.43. The fourth-order valence-corrected chi connectivity index (χ4v) is 3.43. The zero-order chi connectivity index (χ0) is 16.1. The van der Waals surface area contributed by atoms with Crippen molar-refractivity contribution in [3.8, 4) is 5.75 Å². The van der Waals surface area contributed by atoms with Gasteiger partial charge in [0.05, 0.1) is 12.0 Å². The standard InChI is InChI=1S/C20H23NO2/c1-2-23-18-12-10-17(11-13-18)21-19(22)20(14-6-7-15-20)16-8-4-3-5-9-16/h3-5,8-13H,2,6-7,14-15H2,1H3,(H,21,22). The third kappa shape index (κ3) is 3.24. The summed E-state index contributed by atoms with van der Waals surface area (Å²) in [7, 11) is 0. The van der Waals surface area contributed by atoms with E-state index in [0.29, 0.717) is 6.61 Å². The van der Waals surface area contributed by atoms with Gasteiger partial charge in [-0.25, -0.2) is 0 Å². The molecular weight excluding hydrogens is 286 g/mol. The van der Waals surface area contributed by atoms with Crippen LogP contribution in [0.2, 0.25) is 0 Å². The summed E-state index contributed by atoms with van der Waals surface area (Å²) in [6, 6.07) is 17.8. The second kappa shape index (κ2) is 6.86. The lowest BCUT2D eigenvalue weighted by Crippen LogP contribution is -2.37. The number of hydrogen-bond acceptors (Lipinski definition) is 2. The van der Waals surface area contributed by atoms with Crippen molar-refractivity contribution in [2.24, 2.45) is 0 Å². The lowest BCUT2D eigenvalue weighted by Gasteiger charge is -2.28. The minimum absolute atomic E-state index is 0.102. The Bertz CT molecular complexity index is 643. The van der Waals surface area contributed by atoms with Gasteiger partial charge in [-0.2, -0.15) is 0 Å². The zero-order valence-electron chi connectivity index (χ0n) is 13.5. The molecule has 0 radical (unpaired) electrons. The first-order valence-electron chi connectivity index (χ1n) is 8.34. The Kier molecular flexibility index (Phi) is 4.65. The van der Waals surface area contributed by atoms with Gasteiger partial charge in [-0.15, -0.1) is 0 Å². The molecule has 2 aromatic carbocycles. The number of carbonyl (C=O) groups is 1. The van der Waals surface area contributed by atoms with E-state index in [1.807, 2.05) is 49.4 Å². The van der Waals surface area contributed by atoms with Crippen LogP contribution in [0.15, 0.2) is 54.6 Å². The van der Waals surface area contributed by atoms with Crippen LogP contribution >= 0.6 is 0 Å². The number of nitrogens with one attached hydrogen (secondary N) is 1. The first kappa shape index (κ1) is 15.6. The Labute approximate surface area is 137 Å². The van der Waals surface area contributed by atoms with Crippen LogP contribution in [0.3, 0.4) is 0 Å². The molecule has 0 aromatic heterocycles. The zero-order valence-corrected chi connectivity index (χ0v) is 13.5. The maximum Gasteiger partial charge on any atom is 0.235 e. The molecule has 0 atom stereocenters. The minimum Gasteiger partial charge on any atom is -0.494 e. The molecule has 3 rings (SSSR count). The van der Waals surface area contributed by atoms with E-state index in [4.69, 9.17) is 4.74 Å². The van der Waals surface area contributed by atoms with E-state index in [2.05, 4.69) is 17.4 Å². The molecule has 0 aliphatic heterocycles. The third-order valence-electron chi connectivity index (χ3n) is 4.64. The average molecular weight is 309 g/mol. The average Bonchev–Trinajstić information content (AvgIpc) is 3.09. The maximum absolute atomic E-state index is 13.0. The van der Waals surface area contributed by atoms with Crippen molar-refractivity contribution in [3.05, 3.63) is 60.2 Å². The minimum atomic E-state index is -0.389. The van der Waals surface area contributed by atoms with Gasteiger partial charge in [0.1, 0.15) is 5.75 Å². The second-order valence-corrected chi connectivity index (χ2v) is 6.07. The van der Waals surface area contributed by atoms with Crippen LogP contribution in [-0.2, 0) is 10.2 Å². The van der Waals surface area contributed by atoms with Crippen molar-refractivity contribution >= 4 is 11.6 Å². The van der Waals surface area contributed by atoms with Crippen LogP contribution in [0, 0.1) is 0 Å². The van der Waals surface area contributed by atoms with Crippen LogP contribution in [0.25, 0.3) is 0 Å². The summed E-state index contributed by atoms with van der Waals surface area (Å²) >= 11 is 0. The van der Waals surface area contributed by atoms with E-state index in [9.17, 15) is 4.79 Å². The van der Waals surface area contributed by atoms with Crippen LogP contribution in [0.4, 0.5) is 5.69 Å². The Morgan fingerprint density at radius 1 is 1.04 bits per heavy atom. The number of rotatable bonds is 5. The highest BCUT2D eigenvalue weighted by molar-refractivity contribution is 5.99. The van der Waals surface area contributed by atoms with Gasteiger partial charge in [-0.05, 0) is 49.6 Å². The molecule has 1 saturated carbocycles. The highest BCUT2D eigenvalue weighted by atomic mass is 16.5. The molecule has 1 amide bonds. The van der Waals surface area contributed by atoms with Gasteiger partial charge in [0, 0.05) is 5.69 Å². The molecule has 1 N–H and O–H groups in total. The van der Waals surface area contributed by atoms with E-state index in [1.165, 1.54) is 0 Å². The number of benzene rings is 2. The number of hydrogen-bond donors (Lipinski definition) is 1. The van der Waals surface area contributed by atoms with Gasteiger partial charge in [0.2, 0.25) is 5.91 Å². The molecule has 3 nitrogen and oxygen atoms in total. The number of carbonyl (C=O) groups excluding carboxylic acids is 1. The van der Waals surface area contributed by atoms with Crippen molar-refractivity contribution in [1.29, 1.82) is 0 Å². The summed E-state index contributed by atoms with van der Waals surface area (Å²) in [6.45, 7) is 2.60. The largest absolute Gasteiger partial charge is 0.494 e. The predicted octanol–water partition coefficient (Wildman–Crippen LogP) is 4.54.